The molecular formula is C16H27NO. The van der Waals surface area contributed by atoms with E-state index < -0.39 is 0 Å². The van der Waals surface area contributed by atoms with Crippen molar-refractivity contribution in [3.8, 4) is 5.75 Å². The molecule has 1 unspecified atom stereocenters. The predicted octanol–water partition coefficient (Wildman–Crippen LogP) is 3.89. The number of rotatable bonds is 3. The van der Waals surface area contributed by atoms with Crippen LogP contribution in [0.2, 0.25) is 0 Å². The number of ether oxygens (including phenoxy) is 1. The van der Waals surface area contributed by atoms with E-state index in [1.165, 1.54) is 11.1 Å². The Hall–Kier alpha value is -1.02. The van der Waals surface area contributed by atoms with E-state index in [-0.39, 0.29) is 11.0 Å². The Morgan fingerprint density at radius 2 is 1.61 bits per heavy atom. The Labute approximate surface area is 112 Å². The molecule has 0 aliphatic heterocycles. The van der Waals surface area contributed by atoms with Gasteiger partial charge in [-0.3, -0.25) is 0 Å². The van der Waals surface area contributed by atoms with Gasteiger partial charge in [0.15, 0.2) is 0 Å². The normalized spacial score (nSPS) is 15.3. The fourth-order valence-corrected chi connectivity index (χ4v) is 2.16. The molecule has 0 bridgehead atoms. The van der Waals surface area contributed by atoms with E-state index in [4.69, 9.17) is 10.5 Å². The van der Waals surface area contributed by atoms with E-state index in [0.717, 1.165) is 17.7 Å². The molecule has 1 aromatic rings. The molecule has 0 saturated carbocycles. The maximum absolute atomic E-state index is 6.41. The molecule has 1 rings (SSSR count). The van der Waals surface area contributed by atoms with E-state index in [1.54, 1.807) is 7.11 Å². The molecule has 0 amide bonds. The highest BCUT2D eigenvalue weighted by Gasteiger charge is 2.28. The molecule has 0 saturated heterocycles. The second-order valence-corrected chi connectivity index (χ2v) is 6.41. The Balaban J connectivity index is 3.58. The summed E-state index contributed by atoms with van der Waals surface area (Å²) in [7, 11) is 1.73. The minimum Gasteiger partial charge on any atom is -0.496 e. The lowest BCUT2D eigenvalue weighted by molar-refractivity contribution is 0.369. The van der Waals surface area contributed by atoms with Gasteiger partial charge in [0.2, 0.25) is 0 Å². The molecule has 18 heavy (non-hydrogen) atoms. The van der Waals surface area contributed by atoms with Gasteiger partial charge in [0.25, 0.3) is 0 Å². The zero-order chi connectivity index (χ0) is 14.1. The first kappa shape index (κ1) is 15.0. The molecule has 0 heterocycles. The zero-order valence-electron chi connectivity index (χ0n) is 12.8. The SMILES string of the molecule is CCC(C)(N)c1cc(C)cc(C(C)(C)C)c1OC. The number of benzene rings is 1. The lowest BCUT2D eigenvalue weighted by atomic mass is 9.80. The van der Waals surface area contributed by atoms with Gasteiger partial charge in [0.1, 0.15) is 5.75 Å². The van der Waals surface area contributed by atoms with Gasteiger partial charge in [0.05, 0.1) is 7.11 Å². The summed E-state index contributed by atoms with van der Waals surface area (Å²) in [5, 5.41) is 0. The summed E-state index contributed by atoms with van der Waals surface area (Å²) in [6.45, 7) is 12.9. The Bertz CT molecular complexity index is 427. The van der Waals surface area contributed by atoms with Gasteiger partial charge >= 0.3 is 0 Å². The van der Waals surface area contributed by atoms with Gasteiger partial charge in [-0.25, -0.2) is 0 Å². The second kappa shape index (κ2) is 4.93. The number of nitrogens with two attached hydrogens (primary N) is 1. The van der Waals surface area contributed by atoms with Gasteiger partial charge in [0, 0.05) is 16.7 Å². The molecule has 0 fully saturated rings. The third-order valence-electron chi connectivity index (χ3n) is 3.60. The van der Waals surface area contributed by atoms with E-state index in [2.05, 4.69) is 53.7 Å². The quantitative estimate of drug-likeness (QED) is 0.882. The molecule has 0 aliphatic carbocycles. The van der Waals surface area contributed by atoms with Crippen LogP contribution in [0.3, 0.4) is 0 Å². The minimum atomic E-state index is -0.350. The molecule has 2 N–H and O–H groups in total. The topological polar surface area (TPSA) is 35.2 Å². The van der Waals surface area contributed by atoms with Crippen LogP contribution in [-0.2, 0) is 11.0 Å². The van der Waals surface area contributed by atoms with Crippen molar-refractivity contribution in [1.29, 1.82) is 0 Å². The van der Waals surface area contributed by atoms with Crippen LogP contribution in [0, 0.1) is 6.92 Å². The van der Waals surface area contributed by atoms with E-state index in [9.17, 15) is 0 Å². The third kappa shape index (κ3) is 2.86. The molecule has 2 heteroatoms. The Morgan fingerprint density at radius 1 is 1.11 bits per heavy atom. The van der Waals surface area contributed by atoms with Gasteiger partial charge in [-0.2, -0.15) is 0 Å². The van der Waals surface area contributed by atoms with Gasteiger partial charge in [-0.05, 0) is 25.7 Å². The summed E-state index contributed by atoms with van der Waals surface area (Å²) < 4.78 is 5.67. The Kier molecular flexibility index (Phi) is 4.12. The van der Waals surface area contributed by atoms with Crippen LogP contribution in [-0.4, -0.2) is 7.11 Å². The van der Waals surface area contributed by atoms with E-state index in [0.29, 0.717) is 0 Å². The summed E-state index contributed by atoms with van der Waals surface area (Å²) in [5.41, 5.74) is 9.69. The van der Waals surface area contributed by atoms with E-state index in [1.807, 2.05) is 0 Å². The highest BCUT2D eigenvalue weighted by Crippen LogP contribution is 2.39. The highest BCUT2D eigenvalue weighted by molar-refractivity contribution is 5.50. The third-order valence-corrected chi connectivity index (χ3v) is 3.60. The van der Waals surface area contributed by atoms with Gasteiger partial charge < -0.3 is 10.5 Å². The van der Waals surface area contributed by atoms with Crippen LogP contribution in [0.25, 0.3) is 0 Å². The van der Waals surface area contributed by atoms with Gasteiger partial charge in [-0.15, -0.1) is 0 Å². The van der Waals surface area contributed by atoms with Crippen LogP contribution >= 0.6 is 0 Å². The average Bonchev–Trinajstić information content (AvgIpc) is 2.26. The van der Waals surface area contributed by atoms with Crippen LogP contribution in [0.1, 0.15) is 57.7 Å². The number of methoxy groups -OCH3 is 1. The van der Waals surface area contributed by atoms with Crippen LogP contribution < -0.4 is 10.5 Å². The summed E-state index contributed by atoms with van der Waals surface area (Å²) >= 11 is 0. The van der Waals surface area contributed by atoms with Crippen molar-refractivity contribution in [3.05, 3.63) is 28.8 Å². The van der Waals surface area contributed by atoms with Crippen molar-refractivity contribution < 1.29 is 4.74 Å². The predicted molar refractivity (Wildman–Crippen MR) is 78.3 cm³/mol. The number of hydrogen-bond acceptors (Lipinski definition) is 2. The van der Waals surface area contributed by atoms with Crippen molar-refractivity contribution in [1.82, 2.24) is 0 Å². The molecule has 1 atom stereocenters. The van der Waals surface area contributed by atoms with Crippen molar-refractivity contribution in [2.45, 2.75) is 58.9 Å². The molecule has 102 valence electrons. The largest absolute Gasteiger partial charge is 0.496 e. The smallest absolute Gasteiger partial charge is 0.127 e. The van der Waals surface area contributed by atoms with Crippen LogP contribution in [0.15, 0.2) is 12.1 Å². The van der Waals surface area contributed by atoms with Crippen LogP contribution in [0.5, 0.6) is 5.75 Å². The van der Waals surface area contributed by atoms with Crippen molar-refractivity contribution >= 4 is 0 Å². The molecule has 0 aliphatic rings. The highest BCUT2D eigenvalue weighted by atomic mass is 16.5. The first-order valence-corrected chi connectivity index (χ1v) is 6.62. The first-order valence-electron chi connectivity index (χ1n) is 6.62. The zero-order valence-corrected chi connectivity index (χ0v) is 12.8. The lowest BCUT2D eigenvalue weighted by Crippen LogP contribution is -2.33. The molecule has 0 spiro atoms. The molecule has 1 aromatic carbocycles. The Morgan fingerprint density at radius 3 is 2.00 bits per heavy atom. The standard InChI is InChI=1S/C16H27NO/c1-8-16(6,17)13-10-11(2)9-12(14(13)18-7)15(3,4)5/h9-10H,8,17H2,1-7H3. The molecule has 0 radical (unpaired) electrons. The minimum absolute atomic E-state index is 0.0515. The summed E-state index contributed by atoms with van der Waals surface area (Å²) in [6.07, 6.45) is 0.885. The maximum Gasteiger partial charge on any atom is 0.127 e. The fraction of sp³-hybridized carbons (Fsp3) is 0.625. The molecule has 0 aromatic heterocycles. The number of aryl methyl sites for hydroxylation is 1. The second-order valence-electron chi connectivity index (χ2n) is 6.41. The van der Waals surface area contributed by atoms with Crippen molar-refractivity contribution in [2.75, 3.05) is 7.11 Å². The van der Waals surface area contributed by atoms with E-state index >= 15 is 0 Å². The monoisotopic (exact) mass is 249 g/mol. The van der Waals surface area contributed by atoms with Crippen molar-refractivity contribution in [2.24, 2.45) is 5.73 Å². The van der Waals surface area contributed by atoms with Gasteiger partial charge in [-0.1, -0.05) is 45.4 Å². The summed E-state index contributed by atoms with van der Waals surface area (Å²) in [6, 6.07) is 4.35. The lowest BCUT2D eigenvalue weighted by Gasteiger charge is -2.31. The fourth-order valence-electron chi connectivity index (χ4n) is 2.16. The average molecular weight is 249 g/mol. The summed E-state index contributed by atoms with van der Waals surface area (Å²) in [5.74, 6) is 0.944. The van der Waals surface area contributed by atoms with Crippen LogP contribution in [0.4, 0.5) is 0 Å². The summed E-state index contributed by atoms with van der Waals surface area (Å²) in [4.78, 5) is 0. The first-order chi connectivity index (χ1) is 8.13. The van der Waals surface area contributed by atoms with Crippen molar-refractivity contribution in [3.63, 3.8) is 0 Å². The maximum atomic E-state index is 6.41. The number of hydrogen-bond donors (Lipinski definition) is 1. The molecule has 2 nitrogen and oxygen atoms in total. The molecular weight excluding hydrogens is 222 g/mol.